The smallest absolute Gasteiger partial charge is 0.253 e. The molecule has 2 amide bonds. The molecule has 0 saturated carbocycles. The van der Waals surface area contributed by atoms with E-state index in [0.717, 1.165) is 25.0 Å². The van der Waals surface area contributed by atoms with Gasteiger partial charge in [-0.3, -0.25) is 9.59 Å². The Morgan fingerprint density at radius 1 is 1.12 bits per heavy atom. The number of rotatable bonds is 8. The van der Waals surface area contributed by atoms with Crippen LogP contribution in [0.4, 0.5) is 5.69 Å². The Hall–Kier alpha value is -3.16. The summed E-state index contributed by atoms with van der Waals surface area (Å²) >= 11 is 5.91. The van der Waals surface area contributed by atoms with Gasteiger partial charge in [-0.05, 0) is 49.2 Å². The molecule has 1 fully saturated rings. The van der Waals surface area contributed by atoms with Crippen LogP contribution < -0.4 is 10.6 Å². The van der Waals surface area contributed by atoms with Gasteiger partial charge in [0.05, 0.1) is 23.6 Å². The average molecular weight is 454 g/mol. The second-order valence-electron chi connectivity index (χ2n) is 7.56. The van der Waals surface area contributed by atoms with Crippen LogP contribution in [0.1, 0.15) is 35.5 Å². The van der Waals surface area contributed by atoms with Crippen molar-refractivity contribution >= 4 is 29.1 Å². The predicted molar refractivity (Wildman–Crippen MR) is 122 cm³/mol. The number of carbonyl (C=O) groups excluding carboxylic acids is 2. The maximum Gasteiger partial charge on any atom is 0.253 e. The standard InChI is InChI=1S/C24H24ClN3O4/c25-17-9-7-16(8-10-17)21-15-26-23(32-21)12-11-22(29)28-20-6-2-1-5-19(20)24(30)27-14-18-4-3-13-31-18/h1-2,5-10,15,18H,3-4,11-14H2,(H,27,30)(H,28,29). The maximum absolute atomic E-state index is 12.6. The van der Waals surface area contributed by atoms with Crippen molar-refractivity contribution in [3.05, 3.63) is 71.2 Å². The summed E-state index contributed by atoms with van der Waals surface area (Å²) in [6.45, 7) is 1.19. The third-order valence-electron chi connectivity index (χ3n) is 5.21. The zero-order valence-corrected chi connectivity index (χ0v) is 18.2. The monoisotopic (exact) mass is 453 g/mol. The van der Waals surface area contributed by atoms with Crippen LogP contribution in [0.3, 0.4) is 0 Å². The van der Waals surface area contributed by atoms with Crippen LogP contribution in [-0.2, 0) is 16.0 Å². The highest BCUT2D eigenvalue weighted by Crippen LogP contribution is 2.23. The molecule has 3 aromatic rings. The lowest BCUT2D eigenvalue weighted by atomic mass is 10.1. The molecule has 0 radical (unpaired) electrons. The molecule has 4 rings (SSSR count). The van der Waals surface area contributed by atoms with E-state index in [1.165, 1.54) is 0 Å². The van der Waals surface area contributed by atoms with Crippen molar-refractivity contribution in [2.24, 2.45) is 0 Å². The molecule has 1 aliphatic rings. The first-order valence-corrected chi connectivity index (χ1v) is 11.0. The van der Waals surface area contributed by atoms with Gasteiger partial charge in [-0.15, -0.1) is 0 Å². The molecule has 8 heteroatoms. The second-order valence-corrected chi connectivity index (χ2v) is 8.00. The average Bonchev–Trinajstić information content (AvgIpc) is 3.49. The fraction of sp³-hybridized carbons (Fsp3) is 0.292. The number of ether oxygens (including phenoxy) is 1. The van der Waals surface area contributed by atoms with Crippen LogP contribution in [0.15, 0.2) is 59.1 Å². The van der Waals surface area contributed by atoms with Gasteiger partial charge >= 0.3 is 0 Å². The molecule has 0 bridgehead atoms. The van der Waals surface area contributed by atoms with E-state index in [9.17, 15) is 9.59 Å². The molecule has 2 aromatic carbocycles. The number of amides is 2. The molecule has 32 heavy (non-hydrogen) atoms. The van der Waals surface area contributed by atoms with Gasteiger partial charge in [-0.25, -0.2) is 4.98 Å². The number of benzene rings is 2. The third kappa shape index (κ3) is 5.75. The van der Waals surface area contributed by atoms with Crippen molar-refractivity contribution < 1.29 is 18.7 Å². The number of anilines is 1. The molecule has 7 nitrogen and oxygen atoms in total. The molecule has 1 unspecified atom stereocenters. The minimum Gasteiger partial charge on any atom is -0.441 e. The highest BCUT2D eigenvalue weighted by molar-refractivity contribution is 6.30. The van der Waals surface area contributed by atoms with Gasteiger partial charge in [0.2, 0.25) is 5.91 Å². The fourth-order valence-corrected chi connectivity index (χ4v) is 3.63. The number of aryl methyl sites for hydroxylation is 1. The van der Waals surface area contributed by atoms with Crippen LogP contribution in [0.5, 0.6) is 0 Å². The first-order valence-electron chi connectivity index (χ1n) is 10.6. The van der Waals surface area contributed by atoms with E-state index < -0.39 is 0 Å². The Bertz CT molecular complexity index is 1070. The van der Waals surface area contributed by atoms with Crippen LogP contribution in [-0.4, -0.2) is 36.1 Å². The number of para-hydroxylation sites is 1. The van der Waals surface area contributed by atoms with Crippen LogP contribution in [0.25, 0.3) is 11.3 Å². The Kier molecular flexibility index (Phi) is 7.19. The quantitative estimate of drug-likeness (QED) is 0.524. The molecular weight excluding hydrogens is 430 g/mol. The van der Waals surface area contributed by atoms with Gasteiger partial charge in [0, 0.05) is 36.6 Å². The minimum atomic E-state index is -0.239. The van der Waals surface area contributed by atoms with Gasteiger partial charge < -0.3 is 19.8 Å². The summed E-state index contributed by atoms with van der Waals surface area (Å²) in [6, 6.07) is 14.2. The number of carbonyl (C=O) groups is 2. The summed E-state index contributed by atoms with van der Waals surface area (Å²) in [4.78, 5) is 29.3. The molecule has 0 aliphatic carbocycles. The number of halogens is 1. The van der Waals surface area contributed by atoms with Crippen LogP contribution in [0.2, 0.25) is 5.02 Å². The van der Waals surface area contributed by atoms with Gasteiger partial charge in [-0.2, -0.15) is 0 Å². The van der Waals surface area contributed by atoms with E-state index in [2.05, 4.69) is 15.6 Å². The van der Waals surface area contributed by atoms with Gasteiger partial charge in [0.15, 0.2) is 11.7 Å². The van der Waals surface area contributed by atoms with E-state index in [4.69, 9.17) is 20.8 Å². The third-order valence-corrected chi connectivity index (χ3v) is 5.46. The van der Waals surface area contributed by atoms with Crippen LogP contribution in [0, 0.1) is 0 Å². The zero-order valence-electron chi connectivity index (χ0n) is 17.5. The first kappa shape index (κ1) is 22.0. The Morgan fingerprint density at radius 3 is 2.72 bits per heavy atom. The summed E-state index contributed by atoms with van der Waals surface area (Å²) in [6.07, 6.45) is 4.15. The first-order chi connectivity index (χ1) is 15.6. The SMILES string of the molecule is O=C(CCc1ncc(-c2ccc(Cl)cc2)o1)Nc1ccccc1C(=O)NCC1CCCO1. The fourth-order valence-electron chi connectivity index (χ4n) is 3.50. The number of oxazole rings is 1. The molecular formula is C24H24ClN3O4. The maximum atomic E-state index is 12.6. The van der Waals surface area contributed by atoms with Crippen molar-refractivity contribution in [3.8, 4) is 11.3 Å². The Balaban J connectivity index is 1.31. The molecule has 166 valence electrons. The highest BCUT2D eigenvalue weighted by atomic mass is 35.5. The summed E-state index contributed by atoms with van der Waals surface area (Å²) in [5, 5.41) is 6.35. The van der Waals surface area contributed by atoms with Gasteiger partial charge in [0.1, 0.15) is 0 Å². The van der Waals surface area contributed by atoms with Crippen molar-refractivity contribution in [2.45, 2.75) is 31.8 Å². The number of nitrogens with zero attached hydrogens (tertiary/aromatic N) is 1. The van der Waals surface area contributed by atoms with Gasteiger partial charge in [0.25, 0.3) is 5.91 Å². The number of aromatic nitrogens is 1. The highest BCUT2D eigenvalue weighted by Gasteiger charge is 2.18. The van der Waals surface area contributed by atoms with Crippen molar-refractivity contribution in [2.75, 3.05) is 18.5 Å². The summed E-state index contributed by atoms with van der Waals surface area (Å²) in [5.74, 6) is 0.616. The summed E-state index contributed by atoms with van der Waals surface area (Å²) < 4.78 is 11.3. The molecule has 2 heterocycles. The van der Waals surface area contributed by atoms with Crippen molar-refractivity contribution in [1.82, 2.24) is 10.3 Å². The molecule has 2 N–H and O–H groups in total. The van der Waals surface area contributed by atoms with Crippen LogP contribution >= 0.6 is 11.6 Å². The van der Waals surface area contributed by atoms with E-state index >= 15 is 0 Å². The number of hydrogen-bond donors (Lipinski definition) is 2. The number of hydrogen-bond acceptors (Lipinski definition) is 5. The molecule has 0 spiro atoms. The predicted octanol–water partition coefficient (Wildman–Crippen LogP) is 4.48. The lowest BCUT2D eigenvalue weighted by Crippen LogP contribution is -2.32. The summed E-state index contributed by atoms with van der Waals surface area (Å²) in [7, 11) is 0. The second kappa shape index (κ2) is 10.4. The molecule has 1 aromatic heterocycles. The van der Waals surface area contributed by atoms with E-state index in [-0.39, 0.29) is 24.3 Å². The Morgan fingerprint density at radius 2 is 1.94 bits per heavy atom. The topological polar surface area (TPSA) is 93.5 Å². The zero-order chi connectivity index (χ0) is 22.3. The van der Waals surface area contributed by atoms with E-state index in [1.807, 2.05) is 12.1 Å². The summed E-state index contributed by atoms with van der Waals surface area (Å²) in [5.41, 5.74) is 1.75. The van der Waals surface area contributed by atoms with E-state index in [1.54, 1.807) is 42.6 Å². The lowest BCUT2D eigenvalue weighted by molar-refractivity contribution is -0.116. The molecule has 1 atom stereocenters. The minimum absolute atomic E-state index is 0.0549. The van der Waals surface area contributed by atoms with Crippen molar-refractivity contribution in [1.29, 1.82) is 0 Å². The largest absolute Gasteiger partial charge is 0.441 e. The van der Waals surface area contributed by atoms with E-state index in [0.29, 0.717) is 40.9 Å². The molecule has 1 saturated heterocycles. The number of nitrogens with one attached hydrogen (secondary N) is 2. The lowest BCUT2D eigenvalue weighted by Gasteiger charge is -2.13. The molecule has 1 aliphatic heterocycles. The van der Waals surface area contributed by atoms with Crippen molar-refractivity contribution in [3.63, 3.8) is 0 Å². The van der Waals surface area contributed by atoms with Gasteiger partial charge in [-0.1, -0.05) is 23.7 Å². The Labute approximate surface area is 191 Å². The normalized spacial score (nSPS) is 15.5.